The molecule has 4 nitrogen and oxygen atoms in total. The van der Waals surface area contributed by atoms with Gasteiger partial charge in [-0.05, 0) is 43.5 Å². The summed E-state index contributed by atoms with van der Waals surface area (Å²) in [5, 5.41) is 4.07. The quantitative estimate of drug-likeness (QED) is 0.725. The number of halogens is 1. The monoisotopic (exact) mass is 363 g/mol. The van der Waals surface area contributed by atoms with E-state index >= 15 is 0 Å². The van der Waals surface area contributed by atoms with Crippen LogP contribution >= 0.6 is 0 Å². The first-order valence-electron chi connectivity index (χ1n) is 9.32. The SMILES string of the molecule is C[C@H](Nc1c(C(=O)N2CCCC2)cnc2ccc(F)cc12)c1ccccc1. The molecule has 0 aliphatic carbocycles. The fourth-order valence-electron chi connectivity index (χ4n) is 3.61. The smallest absolute Gasteiger partial charge is 0.257 e. The van der Waals surface area contributed by atoms with Gasteiger partial charge in [-0.1, -0.05) is 30.3 Å². The number of hydrogen-bond acceptors (Lipinski definition) is 3. The number of likely N-dealkylation sites (tertiary alicyclic amines) is 1. The third-order valence-corrected chi connectivity index (χ3v) is 5.11. The molecule has 5 heteroatoms. The van der Waals surface area contributed by atoms with Crippen molar-refractivity contribution in [3.63, 3.8) is 0 Å². The summed E-state index contributed by atoms with van der Waals surface area (Å²) in [6, 6.07) is 14.4. The summed E-state index contributed by atoms with van der Waals surface area (Å²) in [4.78, 5) is 19.3. The van der Waals surface area contributed by atoms with E-state index in [9.17, 15) is 9.18 Å². The second kappa shape index (κ2) is 7.35. The second-order valence-corrected chi connectivity index (χ2v) is 6.98. The molecule has 138 valence electrons. The van der Waals surface area contributed by atoms with Crippen LogP contribution in [0.5, 0.6) is 0 Å². The largest absolute Gasteiger partial charge is 0.377 e. The predicted octanol–water partition coefficient (Wildman–Crippen LogP) is 4.78. The molecule has 1 fully saturated rings. The Morgan fingerprint density at radius 1 is 1.15 bits per heavy atom. The topological polar surface area (TPSA) is 45.2 Å². The highest BCUT2D eigenvalue weighted by Crippen LogP contribution is 2.31. The number of amides is 1. The first-order chi connectivity index (χ1) is 13.1. The minimum absolute atomic E-state index is 0.0369. The lowest BCUT2D eigenvalue weighted by Crippen LogP contribution is -2.28. The van der Waals surface area contributed by atoms with Gasteiger partial charge < -0.3 is 10.2 Å². The average Bonchev–Trinajstić information content (AvgIpc) is 3.23. The minimum atomic E-state index is -0.342. The van der Waals surface area contributed by atoms with Crippen LogP contribution in [0.3, 0.4) is 0 Å². The van der Waals surface area contributed by atoms with Crippen LogP contribution in [0.4, 0.5) is 10.1 Å². The number of aromatic nitrogens is 1. The number of carbonyl (C=O) groups excluding carboxylic acids is 1. The molecule has 1 aliphatic rings. The van der Waals surface area contributed by atoms with Crippen LogP contribution in [0.1, 0.15) is 41.7 Å². The Labute approximate surface area is 158 Å². The van der Waals surface area contributed by atoms with Crippen LogP contribution in [0.15, 0.2) is 54.7 Å². The molecular weight excluding hydrogens is 341 g/mol. The first kappa shape index (κ1) is 17.5. The highest BCUT2D eigenvalue weighted by atomic mass is 19.1. The van der Waals surface area contributed by atoms with Crippen LogP contribution in [-0.4, -0.2) is 28.9 Å². The third kappa shape index (κ3) is 3.50. The fourth-order valence-corrected chi connectivity index (χ4v) is 3.61. The lowest BCUT2D eigenvalue weighted by atomic mass is 10.0. The van der Waals surface area contributed by atoms with E-state index in [1.807, 2.05) is 42.2 Å². The molecule has 0 unspecified atom stereocenters. The van der Waals surface area contributed by atoms with Gasteiger partial charge in [0.05, 0.1) is 16.8 Å². The van der Waals surface area contributed by atoms with Gasteiger partial charge in [-0.25, -0.2) is 4.39 Å². The van der Waals surface area contributed by atoms with E-state index < -0.39 is 0 Å². The van der Waals surface area contributed by atoms with Crippen LogP contribution in [0.2, 0.25) is 0 Å². The summed E-state index contributed by atoms with van der Waals surface area (Å²) in [5.41, 5.74) is 2.90. The van der Waals surface area contributed by atoms with Gasteiger partial charge in [-0.15, -0.1) is 0 Å². The Hall–Kier alpha value is -2.95. The number of hydrogen-bond donors (Lipinski definition) is 1. The fraction of sp³-hybridized carbons (Fsp3) is 0.273. The number of pyridine rings is 1. The van der Waals surface area contributed by atoms with Crippen LogP contribution in [0, 0.1) is 5.82 Å². The molecule has 1 saturated heterocycles. The van der Waals surface area contributed by atoms with E-state index in [-0.39, 0.29) is 17.8 Å². The maximum Gasteiger partial charge on any atom is 0.257 e. The third-order valence-electron chi connectivity index (χ3n) is 5.11. The normalized spacial score (nSPS) is 15.1. The van der Waals surface area contributed by atoms with Crippen molar-refractivity contribution in [1.29, 1.82) is 0 Å². The van der Waals surface area contributed by atoms with Gasteiger partial charge in [0.15, 0.2) is 0 Å². The van der Waals surface area contributed by atoms with Crippen molar-refractivity contribution in [1.82, 2.24) is 9.88 Å². The highest BCUT2D eigenvalue weighted by Gasteiger charge is 2.24. The van der Waals surface area contributed by atoms with Gasteiger partial charge in [0.2, 0.25) is 0 Å². The molecule has 0 bridgehead atoms. The summed E-state index contributed by atoms with van der Waals surface area (Å²) < 4.78 is 14.0. The number of rotatable bonds is 4. The molecular formula is C22H22FN3O. The lowest BCUT2D eigenvalue weighted by Gasteiger charge is -2.22. The number of carbonyl (C=O) groups is 1. The molecule has 1 atom stereocenters. The van der Waals surface area contributed by atoms with Crippen LogP contribution < -0.4 is 5.32 Å². The molecule has 0 spiro atoms. The molecule has 0 radical (unpaired) electrons. The first-order valence-corrected chi connectivity index (χ1v) is 9.32. The molecule has 2 heterocycles. The van der Waals surface area contributed by atoms with Gasteiger partial charge in [0.1, 0.15) is 5.82 Å². The molecule has 1 aliphatic heterocycles. The Bertz CT molecular complexity index is 968. The maximum absolute atomic E-state index is 14.0. The zero-order valence-electron chi connectivity index (χ0n) is 15.3. The van der Waals surface area contributed by atoms with E-state index in [1.54, 1.807) is 12.3 Å². The second-order valence-electron chi connectivity index (χ2n) is 6.98. The van der Waals surface area contributed by atoms with Gasteiger partial charge >= 0.3 is 0 Å². The molecule has 27 heavy (non-hydrogen) atoms. The van der Waals surface area contributed by atoms with Crippen molar-refractivity contribution in [3.05, 3.63) is 71.7 Å². The van der Waals surface area contributed by atoms with Gasteiger partial charge in [-0.3, -0.25) is 9.78 Å². The van der Waals surface area contributed by atoms with Crippen molar-refractivity contribution in [2.45, 2.75) is 25.8 Å². The minimum Gasteiger partial charge on any atom is -0.377 e. The van der Waals surface area contributed by atoms with Crippen molar-refractivity contribution in [2.24, 2.45) is 0 Å². The molecule has 4 rings (SSSR count). The number of benzene rings is 2. The van der Waals surface area contributed by atoms with Crippen molar-refractivity contribution < 1.29 is 9.18 Å². The van der Waals surface area contributed by atoms with Crippen LogP contribution in [0.25, 0.3) is 10.9 Å². The molecule has 3 aromatic rings. The molecule has 1 amide bonds. The zero-order chi connectivity index (χ0) is 18.8. The van der Waals surface area contributed by atoms with Crippen molar-refractivity contribution >= 4 is 22.5 Å². The van der Waals surface area contributed by atoms with Gasteiger partial charge in [-0.2, -0.15) is 0 Å². The lowest BCUT2D eigenvalue weighted by molar-refractivity contribution is 0.0793. The van der Waals surface area contributed by atoms with E-state index in [0.717, 1.165) is 31.5 Å². The molecule has 1 aromatic heterocycles. The zero-order valence-corrected chi connectivity index (χ0v) is 15.3. The number of nitrogens with one attached hydrogen (secondary N) is 1. The van der Waals surface area contributed by atoms with E-state index in [0.29, 0.717) is 22.2 Å². The van der Waals surface area contributed by atoms with Crippen LogP contribution in [-0.2, 0) is 0 Å². The summed E-state index contributed by atoms with van der Waals surface area (Å²) in [6.07, 6.45) is 3.65. The number of anilines is 1. The van der Waals surface area contributed by atoms with E-state index in [1.165, 1.54) is 12.1 Å². The standard InChI is InChI=1S/C22H22FN3O/c1-15(16-7-3-2-4-8-16)25-21-18-13-17(23)9-10-20(18)24-14-19(21)22(27)26-11-5-6-12-26/h2-4,7-10,13-15H,5-6,11-12H2,1H3,(H,24,25)/t15-/m0/s1. The number of nitrogens with zero attached hydrogens (tertiary/aromatic N) is 2. The van der Waals surface area contributed by atoms with Gasteiger partial charge in [0, 0.05) is 30.7 Å². The highest BCUT2D eigenvalue weighted by molar-refractivity contribution is 6.07. The Kier molecular flexibility index (Phi) is 4.75. The Balaban J connectivity index is 1.80. The number of fused-ring (bicyclic) bond motifs is 1. The maximum atomic E-state index is 14.0. The summed E-state index contributed by atoms with van der Waals surface area (Å²) >= 11 is 0. The molecule has 0 saturated carbocycles. The average molecular weight is 363 g/mol. The molecule has 2 aromatic carbocycles. The Morgan fingerprint density at radius 2 is 1.89 bits per heavy atom. The van der Waals surface area contributed by atoms with Crippen molar-refractivity contribution in [2.75, 3.05) is 18.4 Å². The van der Waals surface area contributed by atoms with Gasteiger partial charge in [0.25, 0.3) is 5.91 Å². The summed E-state index contributed by atoms with van der Waals surface area (Å²) in [7, 11) is 0. The Morgan fingerprint density at radius 3 is 2.63 bits per heavy atom. The molecule has 1 N–H and O–H groups in total. The van der Waals surface area contributed by atoms with Crippen molar-refractivity contribution in [3.8, 4) is 0 Å². The van der Waals surface area contributed by atoms with E-state index in [2.05, 4.69) is 10.3 Å². The predicted molar refractivity (Wildman–Crippen MR) is 105 cm³/mol. The summed E-state index contributed by atoms with van der Waals surface area (Å²) in [6.45, 7) is 3.55. The van der Waals surface area contributed by atoms with E-state index in [4.69, 9.17) is 0 Å². The summed E-state index contributed by atoms with van der Waals surface area (Å²) in [5.74, 6) is -0.389.